The summed E-state index contributed by atoms with van der Waals surface area (Å²) in [6.07, 6.45) is 4.43. The summed E-state index contributed by atoms with van der Waals surface area (Å²) in [5.74, 6) is 0.892. The zero-order valence-electron chi connectivity index (χ0n) is 29.8. The van der Waals surface area contributed by atoms with Crippen LogP contribution in [0.4, 0.5) is 11.4 Å². The predicted octanol–water partition coefficient (Wildman–Crippen LogP) is 12.5. The van der Waals surface area contributed by atoms with Gasteiger partial charge in [0.15, 0.2) is 0 Å². The highest BCUT2D eigenvalue weighted by Gasteiger charge is 2.44. The van der Waals surface area contributed by atoms with Crippen LogP contribution in [0.25, 0.3) is 77.6 Å². The van der Waals surface area contributed by atoms with Crippen LogP contribution in [0.15, 0.2) is 161 Å². The quantitative estimate of drug-likeness (QED) is 0.182. The topological polar surface area (TPSA) is 82.0 Å². The molecule has 0 radical (unpaired) electrons. The van der Waals surface area contributed by atoms with Crippen molar-refractivity contribution in [2.24, 2.45) is 0 Å². The van der Waals surface area contributed by atoms with Gasteiger partial charge in [-0.25, -0.2) is 0 Å². The van der Waals surface area contributed by atoms with Gasteiger partial charge in [0.25, 0.3) is 0 Å². The minimum atomic E-state index is -0.106. The molecular formula is C50H28N4O2. The van der Waals surface area contributed by atoms with E-state index in [-0.39, 0.29) is 12.0 Å². The van der Waals surface area contributed by atoms with Crippen LogP contribution in [-0.4, -0.2) is 10.6 Å². The Balaban J connectivity index is 1.05. The Labute approximate surface area is 320 Å². The molecule has 260 valence electrons. The molecule has 3 aromatic heterocycles. The standard InChI is InChI=1S/C50H28N4O2/c51-27-29-10-9-17-42(54-41-16-6-2-14-37(41)49-43(54)23-22-36-34-12-3-8-19-46(34)56-50(36)49)48(29)32-21-20-31(24-30(32)28-52)53-40-15-5-1-11-33(40)38-25-39-35-13-4-7-18-45(35)55-47(39)26-44(38)53/h1-26,43,49H. The third-order valence-electron chi connectivity index (χ3n) is 11.8. The summed E-state index contributed by atoms with van der Waals surface area (Å²) in [7, 11) is 0. The SMILES string of the molecule is N#Cc1cc(-n2c3ccccc3c3cc4c(cc32)oc2ccccc24)ccc1-c1c(C#N)cccc1N1c2ccccc2C2c3oc4ccccc4c3C=CC21. The summed E-state index contributed by atoms with van der Waals surface area (Å²) in [4.78, 5) is 2.32. The van der Waals surface area contributed by atoms with Crippen molar-refractivity contribution in [2.45, 2.75) is 12.0 Å². The molecule has 0 fully saturated rings. The van der Waals surface area contributed by atoms with Crippen LogP contribution in [0.1, 0.15) is 33.9 Å². The van der Waals surface area contributed by atoms with Gasteiger partial charge in [0, 0.05) is 61.1 Å². The monoisotopic (exact) mass is 716 g/mol. The molecule has 0 saturated carbocycles. The number of para-hydroxylation sites is 4. The summed E-state index contributed by atoms with van der Waals surface area (Å²) in [5, 5.41) is 27.0. The average Bonchev–Trinajstić information content (AvgIpc) is 3.99. The number of hydrogen-bond donors (Lipinski definition) is 0. The van der Waals surface area contributed by atoms with E-state index in [0.29, 0.717) is 16.7 Å². The third-order valence-corrected chi connectivity index (χ3v) is 11.8. The number of furan rings is 2. The Hall–Kier alpha value is -7.80. The Bertz CT molecular complexity index is 3440. The molecule has 0 bridgehead atoms. The summed E-state index contributed by atoms with van der Waals surface area (Å²) in [6, 6.07) is 54.2. The van der Waals surface area contributed by atoms with Crippen LogP contribution in [-0.2, 0) is 0 Å². The average molecular weight is 717 g/mol. The molecule has 0 N–H and O–H groups in total. The van der Waals surface area contributed by atoms with Gasteiger partial charge in [-0.15, -0.1) is 0 Å². The van der Waals surface area contributed by atoms with Crippen molar-refractivity contribution in [3.05, 3.63) is 180 Å². The molecule has 6 heteroatoms. The number of fused-ring (bicyclic) bond motifs is 13. The zero-order chi connectivity index (χ0) is 37.1. The van der Waals surface area contributed by atoms with Gasteiger partial charge in [0.1, 0.15) is 22.5 Å². The molecule has 0 saturated heterocycles. The van der Waals surface area contributed by atoms with Crippen LogP contribution in [0, 0.1) is 22.7 Å². The van der Waals surface area contributed by atoms with Gasteiger partial charge in [-0.3, -0.25) is 0 Å². The first-order chi connectivity index (χ1) is 27.7. The zero-order valence-corrected chi connectivity index (χ0v) is 29.8. The van der Waals surface area contributed by atoms with Crippen molar-refractivity contribution in [3.63, 3.8) is 0 Å². The fourth-order valence-corrected chi connectivity index (χ4v) is 9.49. The second kappa shape index (κ2) is 11.4. The van der Waals surface area contributed by atoms with E-state index in [1.807, 2.05) is 66.7 Å². The van der Waals surface area contributed by atoms with E-state index < -0.39 is 0 Å². The largest absolute Gasteiger partial charge is 0.460 e. The van der Waals surface area contributed by atoms with Crippen molar-refractivity contribution in [1.82, 2.24) is 4.57 Å². The van der Waals surface area contributed by atoms with Crippen LogP contribution < -0.4 is 4.90 Å². The summed E-state index contributed by atoms with van der Waals surface area (Å²) in [6.45, 7) is 0. The molecular weight excluding hydrogens is 689 g/mol. The first-order valence-corrected chi connectivity index (χ1v) is 18.7. The van der Waals surface area contributed by atoms with Crippen LogP contribution >= 0.6 is 0 Å². The third kappa shape index (κ3) is 4.07. The molecule has 1 aliphatic heterocycles. The van der Waals surface area contributed by atoms with Crippen LogP contribution in [0.3, 0.4) is 0 Å². The lowest BCUT2D eigenvalue weighted by Gasteiger charge is -2.32. The first kappa shape index (κ1) is 30.6. The molecule has 7 aromatic carbocycles. The Morgan fingerprint density at radius 3 is 2.12 bits per heavy atom. The smallest absolute Gasteiger partial charge is 0.137 e. The van der Waals surface area contributed by atoms with E-state index in [9.17, 15) is 10.5 Å². The number of rotatable bonds is 3. The first-order valence-electron chi connectivity index (χ1n) is 18.7. The van der Waals surface area contributed by atoms with E-state index in [2.05, 4.69) is 113 Å². The van der Waals surface area contributed by atoms with Crippen molar-refractivity contribution in [3.8, 4) is 29.0 Å². The molecule has 12 rings (SSSR count). The highest BCUT2D eigenvalue weighted by Crippen LogP contribution is 2.55. The lowest BCUT2D eigenvalue weighted by molar-refractivity contribution is 0.505. The Morgan fingerprint density at radius 1 is 0.536 bits per heavy atom. The molecule has 56 heavy (non-hydrogen) atoms. The molecule has 0 spiro atoms. The number of nitrogens with zero attached hydrogens (tertiary/aromatic N) is 4. The Morgan fingerprint density at radius 2 is 1.27 bits per heavy atom. The second-order valence-corrected chi connectivity index (χ2v) is 14.6. The highest BCUT2D eigenvalue weighted by molar-refractivity contribution is 6.17. The van der Waals surface area contributed by atoms with Crippen LogP contribution in [0.2, 0.25) is 0 Å². The molecule has 2 unspecified atom stereocenters. The molecule has 6 nitrogen and oxygen atoms in total. The van der Waals surface area contributed by atoms with Gasteiger partial charge < -0.3 is 18.3 Å². The fraction of sp³-hybridized carbons (Fsp3) is 0.0400. The lowest BCUT2D eigenvalue weighted by Crippen LogP contribution is -2.30. The van der Waals surface area contributed by atoms with E-state index >= 15 is 0 Å². The van der Waals surface area contributed by atoms with Crippen molar-refractivity contribution < 1.29 is 8.83 Å². The maximum atomic E-state index is 10.9. The molecule has 1 aliphatic carbocycles. The number of nitriles is 2. The van der Waals surface area contributed by atoms with Gasteiger partial charge in [-0.05, 0) is 60.2 Å². The number of aromatic nitrogens is 1. The van der Waals surface area contributed by atoms with E-state index in [0.717, 1.165) is 94.2 Å². The predicted molar refractivity (Wildman–Crippen MR) is 222 cm³/mol. The molecule has 2 aliphatic rings. The number of benzene rings is 7. The van der Waals surface area contributed by atoms with Gasteiger partial charge in [-0.1, -0.05) is 97.1 Å². The van der Waals surface area contributed by atoms with Crippen molar-refractivity contribution >= 4 is 72.2 Å². The number of hydrogen-bond acceptors (Lipinski definition) is 5. The maximum Gasteiger partial charge on any atom is 0.137 e. The number of anilines is 2. The summed E-state index contributed by atoms with van der Waals surface area (Å²) < 4.78 is 15.2. The highest BCUT2D eigenvalue weighted by atomic mass is 16.3. The van der Waals surface area contributed by atoms with Crippen molar-refractivity contribution in [2.75, 3.05) is 4.90 Å². The molecule has 4 heterocycles. The van der Waals surface area contributed by atoms with Gasteiger partial charge in [0.2, 0.25) is 0 Å². The minimum Gasteiger partial charge on any atom is -0.460 e. The molecule has 10 aromatic rings. The van der Waals surface area contributed by atoms with E-state index in [1.54, 1.807) is 0 Å². The van der Waals surface area contributed by atoms with E-state index in [1.165, 1.54) is 0 Å². The summed E-state index contributed by atoms with van der Waals surface area (Å²) in [5.41, 5.74) is 12.0. The van der Waals surface area contributed by atoms with Crippen LogP contribution in [0.5, 0.6) is 0 Å². The second-order valence-electron chi connectivity index (χ2n) is 14.6. The normalized spacial score (nSPS) is 15.7. The van der Waals surface area contributed by atoms with Gasteiger partial charge in [0.05, 0.1) is 51.9 Å². The van der Waals surface area contributed by atoms with Gasteiger partial charge >= 0.3 is 0 Å². The van der Waals surface area contributed by atoms with E-state index in [4.69, 9.17) is 8.83 Å². The van der Waals surface area contributed by atoms with Crippen molar-refractivity contribution in [1.29, 1.82) is 10.5 Å². The molecule has 0 amide bonds. The Kier molecular flexibility index (Phi) is 6.21. The lowest BCUT2D eigenvalue weighted by atomic mass is 9.85. The minimum absolute atomic E-state index is 0.0523. The fourth-order valence-electron chi connectivity index (χ4n) is 9.49. The maximum absolute atomic E-state index is 10.9. The van der Waals surface area contributed by atoms with Gasteiger partial charge in [-0.2, -0.15) is 10.5 Å². The summed E-state index contributed by atoms with van der Waals surface area (Å²) >= 11 is 0. The molecule has 2 atom stereocenters.